The van der Waals surface area contributed by atoms with Gasteiger partial charge in [0, 0.05) is 37.8 Å². The Bertz CT molecular complexity index is 756. The zero-order valence-electron chi connectivity index (χ0n) is 14.3. The van der Waals surface area contributed by atoms with Crippen LogP contribution in [0, 0.1) is 0 Å². The predicted octanol–water partition coefficient (Wildman–Crippen LogP) is 2.58. The van der Waals surface area contributed by atoms with Gasteiger partial charge in [0.1, 0.15) is 5.69 Å². The lowest BCUT2D eigenvalue weighted by molar-refractivity contribution is 0.0555. The number of aromatic nitrogens is 2. The SMILES string of the molecule is Cl.O=c1cc(-c2ccccc2)[nH]nc1CN1CCNCC12CCCC2. The molecular formula is C19H25ClN4O. The predicted molar refractivity (Wildman–Crippen MR) is 102 cm³/mol. The Hall–Kier alpha value is -1.69. The minimum atomic E-state index is 0. The fourth-order valence-electron chi connectivity index (χ4n) is 4.15. The van der Waals surface area contributed by atoms with Gasteiger partial charge < -0.3 is 5.32 Å². The van der Waals surface area contributed by atoms with Crippen LogP contribution in [0.15, 0.2) is 41.2 Å². The van der Waals surface area contributed by atoms with Crippen molar-refractivity contribution in [1.82, 2.24) is 20.4 Å². The van der Waals surface area contributed by atoms with Crippen LogP contribution in [0.1, 0.15) is 31.4 Å². The molecule has 0 radical (unpaired) electrons. The average molecular weight is 361 g/mol. The van der Waals surface area contributed by atoms with E-state index in [0.717, 1.165) is 30.9 Å². The molecule has 1 aromatic carbocycles. The first kappa shape index (κ1) is 18.1. The van der Waals surface area contributed by atoms with Crippen LogP contribution >= 0.6 is 12.4 Å². The van der Waals surface area contributed by atoms with Gasteiger partial charge in [-0.2, -0.15) is 5.10 Å². The van der Waals surface area contributed by atoms with Crippen molar-refractivity contribution in [3.8, 4) is 11.3 Å². The third-order valence-corrected chi connectivity index (χ3v) is 5.51. The molecule has 1 saturated carbocycles. The topological polar surface area (TPSA) is 61.0 Å². The quantitative estimate of drug-likeness (QED) is 0.883. The number of nitrogens with one attached hydrogen (secondary N) is 2. The maximum atomic E-state index is 12.6. The van der Waals surface area contributed by atoms with Gasteiger partial charge in [0.2, 0.25) is 5.43 Å². The second-order valence-corrected chi connectivity index (χ2v) is 6.99. The number of H-pyrrole nitrogens is 1. The molecule has 0 atom stereocenters. The number of nitrogens with zero attached hydrogens (tertiary/aromatic N) is 2. The maximum Gasteiger partial charge on any atom is 0.205 e. The molecule has 2 heterocycles. The first-order valence-corrected chi connectivity index (χ1v) is 8.87. The fraction of sp³-hybridized carbons (Fsp3) is 0.474. The zero-order valence-corrected chi connectivity index (χ0v) is 15.1. The number of benzene rings is 1. The van der Waals surface area contributed by atoms with Crippen molar-refractivity contribution in [2.45, 2.75) is 37.8 Å². The molecule has 2 fully saturated rings. The van der Waals surface area contributed by atoms with Crippen LogP contribution in [0.3, 0.4) is 0 Å². The Morgan fingerprint density at radius 3 is 2.64 bits per heavy atom. The smallest absolute Gasteiger partial charge is 0.205 e. The molecule has 0 amide bonds. The molecule has 1 spiro atoms. The average Bonchev–Trinajstić information content (AvgIpc) is 3.08. The van der Waals surface area contributed by atoms with Gasteiger partial charge in [0.05, 0.1) is 5.69 Å². The summed E-state index contributed by atoms with van der Waals surface area (Å²) >= 11 is 0. The van der Waals surface area contributed by atoms with Gasteiger partial charge in [0.25, 0.3) is 0 Å². The number of hydrogen-bond donors (Lipinski definition) is 2. The highest BCUT2D eigenvalue weighted by atomic mass is 35.5. The van der Waals surface area contributed by atoms with Crippen molar-refractivity contribution in [3.63, 3.8) is 0 Å². The van der Waals surface area contributed by atoms with Crippen molar-refractivity contribution >= 4 is 12.4 Å². The van der Waals surface area contributed by atoms with E-state index in [-0.39, 0.29) is 23.4 Å². The second kappa shape index (κ2) is 7.68. The Balaban J connectivity index is 0.00000182. The van der Waals surface area contributed by atoms with E-state index in [1.54, 1.807) is 6.07 Å². The molecule has 2 aromatic rings. The van der Waals surface area contributed by atoms with Crippen molar-refractivity contribution < 1.29 is 0 Å². The maximum absolute atomic E-state index is 12.6. The Morgan fingerprint density at radius 2 is 1.92 bits per heavy atom. The minimum Gasteiger partial charge on any atom is -0.314 e. The lowest BCUT2D eigenvalue weighted by atomic mass is 9.92. The van der Waals surface area contributed by atoms with Gasteiger partial charge in [-0.1, -0.05) is 43.2 Å². The third kappa shape index (κ3) is 3.64. The van der Waals surface area contributed by atoms with Crippen LogP contribution in [-0.2, 0) is 6.54 Å². The number of piperazine rings is 1. The highest BCUT2D eigenvalue weighted by Gasteiger charge is 2.41. The molecule has 1 aliphatic carbocycles. The van der Waals surface area contributed by atoms with Gasteiger partial charge in [-0.15, -0.1) is 12.4 Å². The monoisotopic (exact) mass is 360 g/mol. The van der Waals surface area contributed by atoms with Crippen LogP contribution in [0.4, 0.5) is 0 Å². The van der Waals surface area contributed by atoms with E-state index < -0.39 is 0 Å². The molecule has 134 valence electrons. The molecule has 0 bridgehead atoms. The Kier molecular flexibility index (Phi) is 5.57. The Labute approximate surface area is 154 Å². The molecule has 1 aromatic heterocycles. The van der Waals surface area contributed by atoms with E-state index in [0.29, 0.717) is 12.2 Å². The van der Waals surface area contributed by atoms with Crippen molar-refractivity contribution in [1.29, 1.82) is 0 Å². The van der Waals surface area contributed by atoms with Crippen LogP contribution < -0.4 is 10.7 Å². The summed E-state index contributed by atoms with van der Waals surface area (Å²) in [6.45, 7) is 3.66. The molecule has 1 aliphatic heterocycles. The largest absolute Gasteiger partial charge is 0.314 e. The Morgan fingerprint density at radius 1 is 1.16 bits per heavy atom. The van der Waals surface area contributed by atoms with E-state index in [4.69, 9.17) is 0 Å². The molecule has 2 aliphatic rings. The van der Waals surface area contributed by atoms with E-state index in [9.17, 15) is 4.79 Å². The third-order valence-electron chi connectivity index (χ3n) is 5.51. The van der Waals surface area contributed by atoms with Crippen molar-refractivity contribution in [3.05, 3.63) is 52.3 Å². The summed E-state index contributed by atoms with van der Waals surface area (Å²) in [6, 6.07) is 11.5. The standard InChI is InChI=1S/C19H24N4O.ClH/c24-18-12-16(15-6-2-1-3-7-15)21-22-17(18)13-23-11-10-20-14-19(23)8-4-5-9-19;/h1-3,6-7,12,20H,4-5,8-11,13-14H2,(H,21,24);1H. The first-order valence-electron chi connectivity index (χ1n) is 8.87. The van der Waals surface area contributed by atoms with Crippen LogP contribution in [0.5, 0.6) is 0 Å². The normalized spacial score (nSPS) is 19.7. The zero-order chi connectivity index (χ0) is 16.4. The molecule has 5 nitrogen and oxygen atoms in total. The highest BCUT2D eigenvalue weighted by molar-refractivity contribution is 5.85. The minimum absolute atomic E-state index is 0. The van der Waals surface area contributed by atoms with Crippen LogP contribution in [-0.4, -0.2) is 40.3 Å². The lowest BCUT2D eigenvalue weighted by Gasteiger charge is -2.45. The van der Waals surface area contributed by atoms with E-state index in [1.165, 1.54) is 25.7 Å². The summed E-state index contributed by atoms with van der Waals surface area (Å²) in [7, 11) is 0. The fourth-order valence-corrected chi connectivity index (χ4v) is 4.15. The highest BCUT2D eigenvalue weighted by Crippen LogP contribution is 2.36. The van der Waals surface area contributed by atoms with Gasteiger partial charge >= 0.3 is 0 Å². The van der Waals surface area contributed by atoms with Gasteiger partial charge in [-0.25, -0.2) is 0 Å². The number of halogens is 1. The van der Waals surface area contributed by atoms with E-state index >= 15 is 0 Å². The van der Waals surface area contributed by atoms with Crippen LogP contribution in [0.25, 0.3) is 11.3 Å². The van der Waals surface area contributed by atoms with Crippen LogP contribution in [0.2, 0.25) is 0 Å². The first-order chi connectivity index (χ1) is 11.8. The molecule has 6 heteroatoms. The molecule has 2 N–H and O–H groups in total. The van der Waals surface area contributed by atoms with Gasteiger partial charge in [-0.3, -0.25) is 14.8 Å². The molecule has 4 rings (SSSR count). The number of rotatable bonds is 3. The summed E-state index contributed by atoms with van der Waals surface area (Å²) in [6.07, 6.45) is 5.02. The number of aromatic amines is 1. The molecule has 0 unspecified atom stereocenters. The summed E-state index contributed by atoms with van der Waals surface area (Å²) in [5.41, 5.74) is 2.65. The van der Waals surface area contributed by atoms with E-state index in [2.05, 4.69) is 20.4 Å². The summed E-state index contributed by atoms with van der Waals surface area (Å²) in [4.78, 5) is 15.0. The van der Waals surface area contributed by atoms with Crippen molar-refractivity contribution in [2.75, 3.05) is 19.6 Å². The molecular weight excluding hydrogens is 336 g/mol. The summed E-state index contributed by atoms with van der Waals surface area (Å²) in [5, 5.41) is 11.0. The molecule has 1 saturated heterocycles. The lowest BCUT2D eigenvalue weighted by Crippen LogP contribution is -2.59. The summed E-state index contributed by atoms with van der Waals surface area (Å²) in [5.74, 6) is 0. The summed E-state index contributed by atoms with van der Waals surface area (Å²) < 4.78 is 0. The van der Waals surface area contributed by atoms with Gasteiger partial charge in [-0.05, 0) is 18.4 Å². The van der Waals surface area contributed by atoms with Crippen molar-refractivity contribution in [2.24, 2.45) is 0 Å². The molecule has 25 heavy (non-hydrogen) atoms. The van der Waals surface area contributed by atoms with Gasteiger partial charge in [0.15, 0.2) is 0 Å². The second-order valence-electron chi connectivity index (χ2n) is 6.99. The number of hydrogen-bond acceptors (Lipinski definition) is 4. The van der Waals surface area contributed by atoms with E-state index in [1.807, 2.05) is 30.3 Å².